The lowest BCUT2D eigenvalue weighted by Gasteiger charge is -2.20. The first-order chi connectivity index (χ1) is 28.7. The number of hydrogen-bond acceptors (Lipinski definition) is 9. The molecule has 59 heavy (non-hydrogen) atoms. The number of carbonyl (C=O) groups excluding carboxylic acids is 2. The van der Waals surface area contributed by atoms with Gasteiger partial charge in [0.2, 0.25) is 0 Å². The van der Waals surface area contributed by atoms with Crippen molar-refractivity contribution in [2.24, 2.45) is 0 Å². The smallest absolute Gasteiger partial charge is 0.462 e. The van der Waals surface area contributed by atoms with E-state index in [4.69, 9.17) is 23.6 Å². The van der Waals surface area contributed by atoms with Crippen molar-refractivity contribution in [2.45, 2.75) is 219 Å². The molecule has 0 aliphatic rings. The number of unbranched alkanes of at least 4 members (excludes halogenated alkanes) is 22. The lowest BCUT2D eigenvalue weighted by atomic mass is 10.1. The largest absolute Gasteiger partial charge is 0.472 e. The first-order valence-electron chi connectivity index (χ1n) is 23.6. The third-order valence-corrected chi connectivity index (χ3v) is 10.9. The van der Waals surface area contributed by atoms with E-state index >= 15 is 0 Å². The summed E-state index contributed by atoms with van der Waals surface area (Å²) >= 11 is 0. The van der Waals surface area contributed by atoms with E-state index in [9.17, 15) is 24.2 Å². The average Bonchev–Trinajstić information content (AvgIpc) is 3.22. The SMILES string of the molecule is CCCCCC/C=C\C/C=C\CCCCCCCCCC(=O)OCC(COP(=O)(O)OCC(O)CO)OC(=O)CCCCCCCCC/C=C\C/C=C\CCCCCC. The number of carbonyl (C=O) groups is 2. The summed E-state index contributed by atoms with van der Waals surface area (Å²) in [7, 11) is -4.63. The second-order valence-corrected chi connectivity index (χ2v) is 17.2. The third-order valence-electron chi connectivity index (χ3n) is 9.96. The molecule has 0 spiro atoms. The zero-order chi connectivity index (χ0) is 43.3. The highest BCUT2D eigenvalue weighted by Crippen LogP contribution is 2.43. The van der Waals surface area contributed by atoms with Crippen LogP contribution in [0, 0.1) is 0 Å². The van der Waals surface area contributed by atoms with Gasteiger partial charge in [0.1, 0.15) is 12.7 Å². The van der Waals surface area contributed by atoms with Gasteiger partial charge in [-0.05, 0) is 77.0 Å². The van der Waals surface area contributed by atoms with Crippen molar-refractivity contribution in [1.82, 2.24) is 0 Å². The summed E-state index contributed by atoms with van der Waals surface area (Å²) in [6.07, 6.45) is 47.8. The van der Waals surface area contributed by atoms with Gasteiger partial charge in [-0.2, -0.15) is 0 Å². The molecule has 0 saturated heterocycles. The first-order valence-corrected chi connectivity index (χ1v) is 25.1. The van der Waals surface area contributed by atoms with Crippen LogP contribution in [0.5, 0.6) is 0 Å². The number of hydrogen-bond donors (Lipinski definition) is 3. The van der Waals surface area contributed by atoms with Gasteiger partial charge in [-0.3, -0.25) is 18.6 Å². The van der Waals surface area contributed by atoms with Gasteiger partial charge in [-0.15, -0.1) is 0 Å². The molecule has 0 saturated carbocycles. The van der Waals surface area contributed by atoms with Crippen molar-refractivity contribution in [3.8, 4) is 0 Å². The van der Waals surface area contributed by atoms with Crippen molar-refractivity contribution >= 4 is 19.8 Å². The van der Waals surface area contributed by atoms with Gasteiger partial charge < -0.3 is 24.6 Å². The fourth-order valence-corrected chi connectivity index (χ4v) is 7.08. The summed E-state index contributed by atoms with van der Waals surface area (Å²) in [6.45, 7) is 2.34. The standard InChI is InChI=1S/C48H87O10P/c1-3-5-7-9-11-13-15-17-19-21-23-25-27-29-31-33-35-37-39-47(51)55-43-46(44-57-59(53,54)56-42-45(50)41-49)58-48(52)40-38-36-34-32-30-28-26-24-22-20-18-16-14-12-10-8-6-4-2/h13-16,19-22,45-46,49-50H,3-12,17-18,23-44H2,1-2H3,(H,53,54)/b15-13-,16-14-,21-19-,22-20-. The molecule has 3 atom stereocenters. The van der Waals surface area contributed by atoms with E-state index in [0.29, 0.717) is 12.8 Å². The van der Waals surface area contributed by atoms with Crippen molar-refractivity contribution in [3.63, 3.8) is 0 Å². The molecule has 10 nitrogen and oxygen atoms in total. The van der Waals surface area contributed by atoms with Crippen molar-refractivity contribution in [2.75, 3.05) is 26.4 Å². The number of aliphatic hydroxyl groups excluding tert-OH is 2. The molecule has 3 N–H and O–H groups in total. The Labute approximate surface area is 360 Å². The summed E-state index contributed by atoms with van der Waals surface area (Å²) in [5.74, 6) is -0.941. The summed E-state index contributed by atoms with van der Waals surface area (Å²) < 4.78 is 32.8. The number of phosphoric acid groups is 1. The van der Waals surface area contributed by atoms with E-state index in [-0.39, 0.29) is 19.4 Å². The zero-order valence-electron chi connectivity index (χ0n) is 37.5. The summed E-state index contributed by atoms with van der Waals surface area (Å²) in [5.41, 5.74) is 0. The van der Waals surface area contributed by atoms with Crippen LogP contribution in [0.25, 0.3) is 0 Å². The number of aliphatic hydroxyl groups is 2. The van der Waals surface area contributed by atoms with E-state index < -0.39 is 51.8 Å². The number of phosphoric ester groups is 1. The Morgan fingerprint density at radius 3 is 1.31 bits per heavy atom. The Morgan fingerprint density at radius 1 is 0.508 bits per heavy atom. The van der Waals surface area contributed by atoms with Crippen molar-refractivity contribution < 1.29 is 47.8 Å². The molecule has 11 heteroatoms. The minimum Gasteiger partial charge on any atom is -0.462 e. The molecule has 0 aromatic rings. The van der Waals surface area contributed by atoms with Gasteiger partial charge in [-0.1, -0.05) is 165 Å². The molecular weight excluding hydrogens is 767 g/mol. The van der Waals surface area contributed by atoms with Gasteiger partial charge in [0, 0.05) is 12.8 Å². The van der Waals surface area contributed by atoms with Gasteiger partial charge >= 0.3 is 19.8 Å². The zero-order valence-corrected chi connectivity index (χ0v) is 38.4. The molecule has 0 rings (SSSR count). The lowest BCUT2D eigenvalue weighted by molar-refractivity contribution is -0.161. The molecular formula is C48H87O10P. The van der Waals surface area contributed by atoms with Crippen LogP contribution in [0.15, 0.2) is 48.6 Å². The number of rotatable bonds is 44. The fourth-order valence-electron chi connectivity index (χ4n) is 6.29. The average molecular weight is 855 g/mol. The van der Waals surface area contributed by atoms with Crippen molar-refractivity contribution in [1.29, 1.82) is 0 Å². The van der Waals surface area contributed by atoms with E-state index in [2.05, 4.69) is 62.5 Å². The normalized spacial score (nSPS) is 14.2. The summed E-state index contributed by atoms with van der Waals surface area (Å²) in [4.78, 5) is 35.1. The predicted molar refractivity (Wildman–Crippen MR) is 242 cm³/mol. The lowest BCUT2D eigenvalue weighted by Crippen LogP contribution is -2.29. The first kappa shape index (κ1) is 56.9. The molecule has 0 heterocycles. The molecule has 0 aliphatic heterocycles. The van der Waals surface area contributed by atoms with Crippen LogP contribution >= 0.6 is 7.82 Å². The molecule has 0 fully saturated rings. The number of allylic oxidation sites excluding steroid dienone is 8. The van der Waals surface area contributed by atoms with Gasteiger partial charge in [0.05, 0.1) is 19.8 Å². The van der Waals surface area contributed by atoms with E-state index in [1.165, 1.54) is 96.3 Å². The molecule has 0 aliphatic carbocycles. The topological polar surface area (TPSA) is 149 Å². The maximum atomic E-state index is 12.6. The predicted octanol–water partition coefficient (Wildman–Crippen LogP) is 12.9. The van der Waals surface area contributed by atoms with Crippen LogP contribution in [-0.4, -0.2) is 65.7 Å². The molecule has 0 aromatic heterocycles. The maximum Gasteiger partial charge on any atom is 0.472 e. The van der Waals surface area contributed by atoms with Crippen molar-refractivity contribution in [3.05, 3.63) is 48.6 Å². The van der Waals surface area contributed by atoms with Gasteiger partial charge in [-0.25, -0.2) is 4.57 Å². The summed E-state index contributed by atoms with van der Waals surface area (Å²) in [5, 5.41) is 18.4. The second-order valence-electron chi connectivity index (χ2n) is 15.8. The van der Waals surface area contributed by atoms with E-state index in [1.54, 1.807) is 0 Å². The monoisotopic (exact) mass is 855 g/mol. The molecule has 0 bridgehead atoms. The Balaban J connectivity index is 4.27. The maximum absolute atomic E-state index is 12.6. The fraction of sp³-hybridized carbons (Fsp3) is 0.792. The minimum absolute atomic E-state index is 0.173. The van der Waals surface area contributed by atoms with Gasteiger partial charge in [0.15, 0.2) is 6.10 Å². The molecule has 344 valence electrons. The van der Waals surface area contributed by atoms with Crippen LogP contribution < -0.4 is 0 Å². The highest BCUT2D eigenvalue weighted by atomic mass is 31.2. The van der Waals surface area contributed by atoms with Crippen LogP contribution in [0.4, 0.5) is 0 Å². The van der Waals surface area contributed by atoms with E-state index in [1.807, 2.05) is 0 Å². The van der Waals surface area contributed by atoms with Crippen LogP contribution in [0.3, 0.4) is 0 Å². The minimum atomic E-state index is -4.63. The van der Waals surface area contributed by atoms with E-state index in [0.717, 1.165) is 70.6 Å². The molecule has 3 unspecified atom stereocenters. The Morgan fingerprint density at radius 2 is 0.881 bits per heavy atom. The Hall–Kier alpha value is -2.07. The molecule has 0 aromatic carbocycles. The summed E-state index contributed by atoms with van der Waals surface area (Å²) in [6, 6.07) is 0. The van der Waals surface area contributed by atoms with Crippen LogP contribution in [-0.2, 0) is 32.7 Å². The Kier molecular flexibility index (Phi) is 42.5. The van der Waals surface area contributed by atoms with Crippen LogP contribution in [0.2, 0.25) is 0 Å². The number of esters is 2. The highest BCUT2D eigenvalue weighted by molar-refractivity contribution is 7.47. The third kappa shape index (κ3) is 43.8. The second kappa shape index (κ2) is 44.0. The quantitative estimate of drug-likeness (QED) is 0.0234. The Bertz CT molecular complexity index is 1120. The molecule has 0 amide bonds. The highest BCUT2D eigenvalue weighted by Gasteiger charge is 2.27. The molecule has 0 radical (unpaired) electrons. The van der Waals surface area contributed by atoms with Gasteiger partial charge in [0.25, 0.3) is 0 Å². The number of ether oxygens (including phenoxy) is 2. The van der Waals surface area contributed by atoms with Crippen LogP contribution in [0.1, 0.15) is 206 Å².